The molecule has 20 heavy (non-hydrogen) atoms. The first kappa shape index (κ1) is 15.4. The molecule has 1 aliphatic rings. The zero-order valence-electron chi connectivity index (χ0n) is 13.5. The fourth-order valence-corrected chi connectivity index (χ4v) is 3.54. The van der Waals surface area contributed by atoms with Crippen LogP contribution in [0.15, 0.2) is 18.2 Å². The van der Waals surface area contributed by atoms with E-state index in [9.17, 15) is 0 Å². The van der Waals surface area contributed by atoms with Crippen molar-refractivity contribution in [2.75, 3.05) is 11.9 Å². The average Bonchev–Trinajstić information content (AvgIpc) is 2.40. The van der Waals surface area contributed by atoms with Crippen molar-refractivity contribution in [2.45, 2.75) is 65.0 Å². The van der Waals surface area contributed by atoms with Gasteiger partial charge in [-0.05, 0) is 62.3 Å². The minimum atomic E-state index is 0.232. The topological polar surface area (TPSA) is 29.3 Å². The molecule has 1 aromatic rings. The van der Waals surface area contributed by atoms with Gasteiger partial charge in [0.2, 0.25) is 0 Å². The number of hydrogen-bond acceptors (Lipinski definition) is 2. The summed E-state index contributed by atoms with van der Waals surface area (Å²) in [4.78, 5) is 2.49. The molecular weight excluding hydrogens is 244 g/mol. The zero-order chi connectivity index (χ0) is 14.7. The van der Waals surface area contributed by atoms with Crippen LogP contribution in [-0.2, 0) is 6.42 Å². The molecule has 0 aromatic heterocycles. The Morgan fingerprint density at radius 2 is 2.00 bits per heavy atom. The number of aryl methyl sites for hydroxylation is 1. The van der Waals surface area contributed by atoms with Gasteiger partial charge in [-0.1, -0.05) is 25.8 Å². The van der Waals surface area contributed by atoms with E-state index in [1.54, 1.807) is 0 Å². The van der Waals surface area contributed by atoms with Crippen LogP contribution in [0.25, 0.3) is 0 Å². The molecule has 3 atom stereocenters. The summed E-state index contributed by atoms with van der Waals surface area (Å²) in [6.45, 7) is 6.68. The maximum atomic E-state index is 5.92. The molecule has 1 fully saturated rings. The first-order valence-electron chi connectivity index (χ1n) is 8.07. The van der Waals surface area contributed by atoms with Crippen molar-refractivity contribution < 1.29 is 0 Å². The Morgan fingerprint density at radius 3 is 2.60 bits per heavy atom. The van der Waals surface area contributed by atoms with Gasteiger partial charge in [0.15, 0.2) is 0 Å². The SMILES string of the molecule is Cc1cc(N(C)C2CCCCC2C)ccc1CC(C)N. The van der Waals surface area contributed by atoms with Crippen LogP contribution < -0.4 is 10.6 Å². The van der Waals surface area contributed by atoms with Gasteiger partial charge in [0.1, 0.15) is 0 Å². The number of rotatable bonds is 4. The predicted octanol–water partition coefficient (Wildman–Crippen LogP) is 3.90. The minimum absolute atomic E-state index is 0.232. The number of anilines is 1. The highest BCUT2D eigenvalue weighted by molar-refractivity contribution is 5.51. The molecule has 0 aliphatic heterocycles. The summed E-state index contributed by atoms with van der Waals surface area (Å²) in [7, 11) is 2.26. The van der Waals surface area contributed by atoms with Crippen LogP contribution in [0.2, 0.25) is 0 Å². The maximum absolute atomic E-state index is 5.92. The number of hydrogen-bond donors (Lipinski definition) is 1. The largest absolute Gasteiger partial charge is 0.371 e. The van der Waals surface area contributed by atoms with E-state index in [4.69, 9.17) is 5.73 Å². The first-order valence-corrected chi connectivity index (χ1v) is 8.07. The van der Waals surface area contributed by atoms with Crippen molar-refractivity contribution in [3.05, 3.63) is 29.3 Å². The lowest BCUT2D eigenvalue weighted by atomic mass is 9.85. The average molecular weight is 274 g/mol. The van der Waals surface area contributed by atoms with E-state index >= 15 is 0 Å². The molecule has 0 amide bonds. The Hall–Kier alpha value is -1.02. The lowest BCUT2D eigenvalue weighted by Gasteiger charge is -2.38. The Kier molecular flexibility index (Phi) is 5.09. The van der Waals surface area contributed by atoms with Crippen LogP contribution in [0.3, 0.4) is 0 Å². The van der Waals surface area contributed by atoms with Crippen molar-refractivity contribution in [1.82, 2.24) is 0 Å². The fraction of sp³-hybridized carbons (Fsp3) is 0.667. The first-order chi connectivity index (χ1) is 9.49. The van der Waals surface area contributed by atoms with Gasteiger partial charge in [-0.25, -0.2) is 0 Å². The highest BCUT2D eigenvalue weighted by Gasteiger charge is 2.25. The van der Waals surface area contributed by atoms with Gasteiger partial charge in [-0.15, -0.1) is 0 Å². The van der Waals surface area contributed by atoms with E-state index < -0.39 is 0 Å². The molecule has 112 valence electrons. The third-order valence-corrected chi connectivity index (χ3v) is 4.84. The second kappa shape index (κ2) is 6.62. The van der Waals surface area contributed by atoms with Crippen LogP contribution in [-0.4, -0.2) is 19.1 Å². The molecule has 1 aliphatic carbocycles. The van der Waals surface area contributed by atoms with Crippen molar-refractivity contribution in [2.24, 2.45) is 11.7 Å². The lowest BCUT2D eigenvalue weighted by molar-refractivity contribution is 0.321. The highest BCUT2D eigenvalue weighted by Crippen LogP contribution is 2.31. The van der Waals surface area contributed by atoms with Gasteiger partial charge in [-0.3, -0.25) is 0 Å². The normalized spacial score (nSPS) is 24.4. The van der Waals surface area contributed by atoms with E-state index in [-0.39, 0.29) is 6.04 Å². The Bertz CT molecular complexity index is 439. The smallest absolute Gasteiger partial charge is 0.0369 e. The van der Waals surface area contributed by atoms with Crippen LogP contribution in [0.5, 0.6) is 0 Å². The summed E-state index contributed by atoms with van der Waals surface area (Å²) < 4.78 is 0. The molecule has 2 rings (SSSR count). The van der Waals surface area contributed by atoms with E-state index in [2.05, 4.69) is 50.9 Å². The summed E-state index contributed by atoms with van der Waals surface area (Å²) in [5.74, 6) is 0.804. The molecule has 0 heterocycles. The third-order valence-electron chi connectivity index (χ3n) is 4.84. The maximum Gasteiger partial charge on any atom is 0.0369 e. The second-order valence-corrected chi connectivity index (χ2v) is 6.73. The number of benzene rings is 1. The van der Waals surface area contributed by atoms with E-state index in [1.807, 2.05) is 0 Å². The molecule has 0 saturated heterocycles. The molecule has 0 radical (unpaired) electrons. The molecule has 2 nitrogen and oxygen atoms in total. The Labute approximate surface area is 124 Å². The fourth-order valence-electron chi connectivity index (χ4n) is 3.54. The van der Waals surface area contributed by atoms with Crippen LogP contribution in [0, 0.1) is 12.8 Å². The van der Waals surface area contributed by atoms with E-state index in [0.717, 1.165) is 12.3 Å². The zero-order valence-corrected chi connectivity index (χ0v) is 13.5. The quantitative estimate of drug-likeness (QED) is 0.902. The van der Waals surface area contributed by atoms with Crippen LogP contribution in [0.4, 0.5) is 5.69 Å². The number of nitrogens with two attached hydrogens (primary N) is 1. The summed E-state index contributed by atoms with van der Waals surface area (Å²) in [6, 6.07) is 7.79. The van der Waals surface area contributed by atoms with Gasteiger partial charge >= 0.3 is 0 Å². The van der Waals surface area contributed by atoms with Crippen molar-refractivity contribution >= 4 is 5.69 Å². The molecule has 3 unspecified atom stereocenters. The third kappa shape index (κ3) is 3.54. The van der Waals surface area contributed by atoms with Gasteiger partial charge in [-0.2, -0.15) is 0 Å². The molecular formula is C18H30N2. The summed E-state index contributed by atoms with van der Waals surface area (Å²) in [6.07, 6.45) is 6.45. The van der Waals surface area contributed by atoms with E-state index in [1.165, 1.54) is 42.5 Å². The van der Waals surface area contributed by atoms with Crippen molar-refractivity contribution in [3.8, 4) is 0 Å². The molecule has 0 bridgehead atoms. The standard InChI is InChI=1S/C18H30N2/c1-13-7-5-6-8-18(13)20(4)17-10-9-16(12-15(3)19)14(2)11-17/h9-11,13,15,18H,5-8,12,19H2,1-4H3. The van der Waals surface area contributed by atoms with Gasteiger partial charge in [0, 0.05) is 24.8 Å². The van der Waals surface area contributed by atoms with Gasteiger partial charge in [0.25, 0.3) is 0 Å². The molecule has 1 saturated carbocycles. The monoisotopic (exact) mass is 274 g/mol. The van der Waals surface area contributed by atoms with E-state index in [0.29, 0.717) is 6.04 Å². The van der Waals surface area contributed by atoms with Crippen LogP contribution >= 0.6 is 0 Å². The summed E-state index contributed by atoms with van der Waals surface area (Å²) in [5.41, 5.74) is 10.0. The Morgan fingerprint density at radius 1 is 1.30 bits per heavy atom. The summed E-state index contributed by atoms with van der Waals surface area (Å²) >= 11 is 0. The number of nitrogens with zero attached hydrogens (tertiary/aromatic N) is 1. The van der Waals surface area contributed by atoms with Gasteiger partial charge < -0.3 is 10.6 Å². The van der Waals surface area contributed by atoms with Crippen molar-refractivity contribution in [3.63, 3.8) is 0 Å². The highest BCUT2D eigenvalue weighted by atomic mass is 15.1. The molecule has 1 aromatic carbocycles. The minimum Gasteiger partial charge on any atom is -0.371 e. The Balaban J connectivity index is 2.14. The summed E-state index contributed by atoms with van der Waals surface area (Å²) in [5, 5.41) is 0. The molecule has 2 heteroatoms. The van der Waals surface area contributed by atoms with Gasteiger partial charge in [0.05, 0.1) is 0 Å². The lowest BCUT2D eigenvalue weighted by Crippen LogP contribution is -2.39. The molecule has 0 spiro atoms. The predicted molar refractivity (Wildman–Crippen MR) is 88.4 cm³/mol. The van der Waals surface area contributed by atoms with Crippen molar-refractivity contribution in [1.29, 1.82) is 0 Å². The second-order valence-electron chi connectivity index (χ2n) is 6.73. The van der Waals surface area contributed by atoms with Crippen LogP contribution in [0.1, 0.15) is 50.7 Å². The molecule has 2 N–H and O–H groups in total.